The van der Waals surface area contributed by atoms with E-state index in [1.54, 1.807) is 13.2 Å². The van der Waals surface area contributed by atoms with Crippen molar-refractivity contribution in [3.63, 3.8) is 0 Å². The van der Waals surface area contributed by atoms with Gasteiger partial charge in [0.25, 0.3) is 0 Å². The normalized spacial score (nSPS) is 21.5. The lowest BCUT2D eigenvalue weighted by Crippen LogP contribution is -2.46. The molecule has 0 N–H and O–H groups in total. The topological polar surface area (TPSA) is 38.8 Å². The number of carbonyl (C=O) groups is 1. The average molecular weight is 317 g/mol. The summed E-state index contributed by atoms with van der Waals surface area (Å²) in [6, 6.07) is 6.31. The van der Waals surface area contributed by atoms with Gasteiger partial charge in [-0.25, -0.2) is 0 Å². The molecule has 1 fully saturated rings. The van der Waals surface area contributed by atoms with Crippen molar-refractivity contribution in [3.05, 3.63) is 29.8 Å². The van der Waals surface area contributed by atoms with E-state index in [0.717, 1.165) is 24.2 Å². The van der Waals surface area contributed by atoms with Crippen LogP contribution in [0.4, 0.5) is 0 Å². The highest BCUT2D eigenvalue weighted by Crippen LogP contribution is 2.29. The van der Waals surface area contributed by atoms with Crippen molar-refractivity contribution in [2.45, 2.75) is 52.1 Å². The molecule has 0 radical (unpaired) electrons. The molecular formula is C19H27NO3. The van der Waals surface area contributed by atoms with Gasteiger partial charge in [-0.05, 0) is 63.8 Å². The molecule has 0 bridgehead atoms. The third-order valence-electron chi connectivity index (χ3n) is 4.35. The van der Waals surface area contributed by atoms with E-state index in [9.17, 15) is 4.79 Å². The van der Waals surface area contributed by atoms with Crippen molar-refractivity contribution < 1.29 is 14.3 Å². The second-order valence-electron chi connectivity index (χ2n) is 6.05. The molecule has 0 spiro atoms. The predicted molar refractivity (Wildman–Crippen MR) is 92.8 cm³/mol. The molecular weight excluding hydrogens is 290 g/mol. The van der Waals surface area contributed by atoms with Crippen LogP contribution in [0.2, 0.25) is 0 Å². The quantitative estimate of drug-likeness (QED) is 0.773. The summed E-state index contributed by atoms with van der Waals surface area (Å²) < 4.78 is 10.8. The largest absolute Gasteiger partial charge is 0.493 e. The average Bonchev–Trinajstić information content (AvgIpc) is 2.54. The number of amides is 1. The number of ether oxygens (including phenoxy) is 2. The van der Waals surface area contributed by atoms with Crippen LogP contribution >= 0.6 is 0 Å². The SMILES string of the molecule is CCOc1ccc(/C=C/C(=O)N2C(C)CCCC2C)cc1OC. The number of nitrogens with zero attached hydrogens (tertiary/aromatic N) is 1. The lowest BCUT2D eigenvalue weighted by atomic mass is 9.97. The van der Waals surface area contributed by atoms with Gasteiger partial charge in [0.05, 0.1) is 13.7 Å². The molecule has 4 nitrogen and oxygen atoms in total. The summed E-state index contributed by atoms with van der Waals surface area (Å²) in [6.45, 7) is 6.78. The molecule has 1 saturated heterocycles. The number of hydrogen-bond acceptors (Lipinski definition) is 3. The zero-order valence-electron chi connectivity index (χ0n) is 14.5. The molecule has 1 aliphatic rings. The van der Waals surface area contributed by atoms with Gasteiger partial charge in [0.2, 0.25) is 5.91 Å². The fourth-order valence-corrected chi connectivity index (χ4v) is 3.17. The third-order valence-corrected chi connectivity index (χ3v) is 4.35. The number of benzene rings is 1. The van der Waals surface area contributed by atoms with Crippen LogP contribution in [0.25, 0.3) is 6.08 Å². The molecule has 126 valence electrons. The summed E-state index contributed by atoms with van der Waals surface area (Å²) in [4.78, 5) is 14.5. The van der Waals surface area contributed by atoms with Crippen LogP contribution in [0.5, 0.6) is 11.5 Å². The van der Waals surface area contributed by atoms with Crippen LogP contribution in [0.3, 0.4) is 0 Å². The first kappa shape index (κ1) is 17.4. The Hall–Kier alpha value is -1.97. The molecule has 0 aliphatic carbocycles. The lowest BCUT2D eigenvalue weighted by Gasteiger charge is -2.38. The first-order valence-corrected chi connectivity index (χ1v) is 8.38. The van der Waals surface area contributed by atoms with Gasteiger partial charge >= 0.3 is 0 Å². The van der Waals surface area contributed by atoms with E-state index in [1.807, 2.05) is 36.1 Å². The van der Waals surface area contributed by atoms with E-state index >= 15 is 0 Å². The van der Waals surface area contributed by atoms with Crippen molar-refractivity contribution >= 4 is 12.0 Å². The number of hydrogen-bond donors (Lipinski definition) is 0. The Bertz CT molecular complexity index is 558. The van der Waals surface area contributed by atoms with Gasteiger partial charge in [0.15, 0.2) is 11.5 Å². The van der Waals surface area contributed by atoms with E-state index in [4.69, 9.17) is 9.47 Å². The Labute approximate surface area is 139 Å². The lowest BCUT2D eigenvalue weighted by molar-refractivity contribution is -0.131. The van der Waals surface area contributed by atoms with Crippen molar-refractivity contribution in [3.8, 4) is 11.5 Å². The van der Waals surface area contributed by atoms with Crippen molar-refractivity contribution in [2.75, 3.05) is 13.7 Å². The molecule has 1 aromatic rings. The van der Waals surface area contributed by atoms with E-state index in [1.165, 1.54) is 6.42 Å². The number of carbonyl (C=O) groups excluding carboxylic acids is 1. The molecule has 2 atom stereocenters. The second kappa shape index (κ2) is 8.04. The first-order chi connectivity index (χ1) is 11.1. The smallest absolute Gasteiger partial charge is 0.247 e. The molecule has 1 aromatic carbocycles. The Balaban J connectivity index is 2.11. The molecule has 23 heavy (non-hydrogen) atoms. The van der Waals surface area contributed by atoms with Gasteiger partial charge in [0, 0.05) is 18.2 Å². The van der Waals surface area contributed by atoms with Gasteiger partial charge in [-0.1, -0.05) is 6.07 Å². The van der Waals surface area contributed by atoms with Crippen LogP contribution in [0.15, 0.2) is 24.3 Å². The summed E-state index contributed by atoms with van der Waals surface area (Å²) in [7, 11) is 1.62. The fourth-order valence-electron chi connectivity index (χ4n) is 3.17. The number of rotatable bonds is 5. The molecule has 0 aromatic heterocycles. The maximum absolute atomic E-state index is 12.5. The maximum atomic E-state index is 12.5. The standard InChI is InChI=1S/C19H27NO3/c1-5-23-17-11-9-16(13-18(17)22-4)10-12-19(21)20-14(2)7-6-8-15(20)3/h9-15H,5-8H2,1-4H3/b12-10+. The minimum absolute atomic E-state index is 0.0811. The molecule has 0 saturated carbocycles. The van der Waals surface area contributed by atoms with E-state index < -0.39 is 0 Å². The Morgan fingerprint density at radius 1 is 1.26 bits per heavy atom. The van der Waals surface area contributed by atoms with Crippen LogP contribution < -0.4 is 9.47 Å². The zero-order chi connectivity index (χ0) is 16.8. The van der Waals surface area contributed by atoms with Crippen molar-refractivity contribution in [1.29, 1.82) is 0 Å². The maximum Gasteiger partial charge on any atom is 0.247 e. The molecule has 1 amide bonds. The molecule has 2 unspecified atom stereocenters. The monoisotopic (exact) mass is 317 g/mol. The van der Waals surface area contributed by atoms with E-state index in [2.05, 4.69) is 13.8 Å². The van der Waals surface area contributed by atoms with Crippen LogP contribution in [-0.4, -0.2) is 36.6 Å². The minimum Gasteiger partial charge on any atom is -0.493 e. The summed E-state index contributed by atoms with van der Waals surface area (Å²) in [6.07, 6.45) is 6.87. The van der Waals surface area contributed by atoms with Crippen LogP contribution in [0.1, 0.15) is 45.6 Å². The third kappa shape index (κ3) is 4.27. The first-order valence-electron chi connectivity index (χ1n) is 8.38. The second-order valence-corrected chi connectivity index (χ2v) is 6.05. The Morgan fingerprint density at radius 2 is 1.96 bits per heavy atom. The zero-order valence-corrected chi connectivity index (χ0v) is 14.5. The van der Waals surface area contributed by atoms with E-state index in [-0.39, 0.29) is 5.91 Å². The molecule has 1 heterocycles. The number of piperidine rings is 1. The summed E-state index contributed by atoms with van der Waals surface area (Å²) in [5.74, 6) is 1.48. The molecule has 1 aliphatic heterocycles. The highest BCUT2D eigenvalue weighted by molar-refractivity contribution is 5.92. The number of likely N-dealkylation sites (tertiary alicyclic amines) is 1. The van der Waals surface area contributed by atoms with Crippen molar-refractivity contribution in [1.82, 2.24) is 4.90 Å². The van der Waals surface area contributed by atoms with Crippen molar-refractivity contribution in [2.24, 2.45) is 0 Å². The van der Waals surface area contributed by atoms with Gasteiger partial charge in [-0.2, -0.15) is 0 Å². The highest BCUT2D eigenvalue weighted by Gasteiger charge is 2.27. The summed E-state index contributed by atoms with van der Waals surface area (Å²) in [5, 5.41) is 0. The van der Waals surface area contributed by atoms with E-state index in [0.29, 0.717) is 24.4 Å². The van der Waals surface area contributed by atoms with Crippen LogP contribution in [-0.2, 0) is 4.79 Å². The minimum atomic E-state index is 0.0811. The molecule has 2 rings (SSSR count). The van der Waals surface area contributed by atoms with Gasteiger partial charge in [-0.3, -0.25) is 4.79 Å². The highest BCUT2D eigenvalue weighted by atomic mass is 16.5. The summed E-state index contributed by atoms with van der Waals surface area (Å²) in [5.41, 5.74) is 0.927. The van der Waals surface area contributed by atoms with Gasteiger partial charge in [-0.15, -0.1) is 0 Å². The number of methoxy groups -OCH3 is 1. The molecule has 4 heteroatoms. The Morgan fingerprint density at radius 3 is 2.57 bits per heavy atom. The Kier molecular flexibility index (Phi) is 6.08. The fraction of sp³-hybridized carbons (Fsp3) is 0.526. The predicted octanol–water partition coefficient (Wildman–Crippen LogP) is 3.90. The summed E-state index contributed by atoms with van der Waals surface area (Å²) >= 11 is 0. The van der Waals surface area contributed by atoms with Crippen LogP contribution in [0, 0.1) is 0 Å². The van der Waals surface area contributed by atoms with Gasteiger partial charge in [0.1, 0.15) is 0 Å². The van der Waals surface area contributed by atoms with Gasteiger partial charge < -0.3 is 14.4 Å².